The van der Waals surface area contributed by atoms with E-state index in [1.807, 2.05) is 0 Å². The first-order valence-electron chi connectivity index (χ1n) is 35.1. The SMILES string of the molecule is CC(C)[C@H](NC(=O)[C@H](CCCCN)NC(=O)[C@H](Cc1ccccc1)NC(=O)[C@@H](NC(=O)[C@@H](NC(=O)[C@@H](CCCCN)NC(=O)[C@H](N)CCCCN)C(C)C)C(C)C)C(=O)N[C@@H](CCCCN)C(=O)N[C@@H](Cc1ccccc1)C(=O)N[C@H](CCCCN)C(=O)N[C@H](CCCCN)C(N)=O. The van der Waals surface area contributed by atoms with E-state index < -0.39 is 149 Å². The average molecular weight is 1380 g/mol. The standard InChI is InChI=1S/C69H120N18O11/c1-43(2)56(67(96)82-51(32-16-22-38-73)62(91)83-54(41-46-25-9-7-10-26-46)65(94)80-50(31-15-21-37-72)61(90)78-49(59(77)88)30-14-20-36-71)85-64(93)53(34-18-24-40-75)81-66(95)55(42-47-27-11-8-12-28-47)84-68(97)57(44(3)4)87-69(98)58(45(5)6)86-63(92)52(33-17-23-39-74)79-60(89)48(76)29-13-19-35-70/h7-12,25-28,43-45,48-58H,13-24,29-42,70-76H2,1-6H3,(H2,77,88)(H,78,90)(H,79,89)(H,80,94)(H,81,95)(H,82,96)(H,83,91)(H,84,97)(H,85,93)(H,86,92)(H,87,98)/t48-,49-,50-,51+,52-,53+,54+,55+,56+,57+,58+/m1/s1. The van der Waals surface area contributed by atoms with E-state index in [1.165, 1.54) is 0 Å². The van der Waals surface area contributed by atoms with Gasteiger partial charge in [-0.25, -0.2) is 0 Å². The molecule has 26 N–H and O–H groups in total. The Hall–Kier alpha value is -7.67. The average Bonchev–Trinajstić information content (AvgIpc) is 0.870. The Morgan fingerprint density at radius 1 is 0.286 bits per heavy atom. The Labute approximate surface area is 579 Å². The second-order valence-corrected chi connectivity index (χ2v) is 26.2. The largest absolute Gasteiger partial charge is 0.368 e. The fourth-order valence-electron chi connectivity index (χ4n) is 10.8. The van der Waals surface area contributed by atoms with Gasteiger partial charge in [0.1, 0.15) is 60.4 Å². The lowest BCUT2D eigenvalue weighted by atomic mass is 9.98. The molecule has 0 fully saturated rings. The van der Waals surface area contributed by atoms with Gasteiger partial charge >= 0.3 is 0 Å². The van der Waals surface area contributed by atoms with Gasteiger partial charge in [0.05, 0.1) is 6.04 Å². The molecule has 0 aliphatic heterocycles. The van der Waals surface area contributed by atoms with Crippen LogP contribution in [0.4, 0.5) is 0 Å². The van der Waals surface area contributed by atoms with Crippen LogP contribution in [-0.4, -0.2) is 171 Å². The molecule has 98 heavy (non-hydrogen) atoms. The zero-order chi connectivity index (χ0) is 73.1. The third-order valence-corrected chi connectivity index (χ3v) is 16.8. The van der Waals surface area contributed by atoms with Crippen molar-refractivity contribution in [3.8, 4) is 0 Å². The van der Waals surface area contributed by atoms with Crippen LogP contribution in [0.2, 0.25) is 0 Å². The number of primary amides is 1. The summed E-state index contributed by atoms with van der Waals surface area (Å²) in [6, 6.07) is 4.48. The summed E-state index contributed by atoms with van der Waals surface area (Å²) in [5.41, 5.74) is 47.7. The number of carbonyl (C=O) groups excluding carboxylic acids is 11. The van der Waals surface area contributed by atoms with E-state index in [0.29, 0.717) is 121 Å². The third kappa shape index (κ3) is 33.3. The van der Waals surface area contributed by atoms with Gasteiger partial charge in [0.25, 0.3) is 0 Å². The molecule has 552 valence electrons. The van der Waals surface area contributed by atoms with Crippen molar-refractivity contribution in [2.45, 2.75) is 236 Å². The van der Waals surface area contributed by atoms with E-state index in [9.17, 15) is 52.7 Å². The lowest BCUT2D eigenvalue weighted by Crippen LogP contribution is -2.62. The molecule has 0 saturated heterocycles. The van der Waals surface area contributed by atoms with Crippen LogP contribution in [0.25, 0.3) is 0 Å². The van der Waals surface area contributed by atoms with Crippen LogP contribution >= 0.6 is 0 Å². The van der Waals surface area contributed by atoms with Crippen LogP contribution in [0, 0.1) is 17.8 Å². The van der Waals surface area contributed by atoms with E-state index in [1.54, 1.807) is 102 Å². The van der Waals surface area contributed by atoms with Crippen LogP contribution in [0.3, 0.4) is 0 Å². The number of rotatable bonds is 52. The van der Waals surface area contributed by atoms with Gasteiger partial charge in [-0.05, 0) is 177 Å². The lowest BCUT2D eigenvalue weighted by molar-refractivity contribution is -0.137. The monoisotopic (exact) mass is 1380 g/mol. The Balaban J connectivity index is 2.53. The molecule has 0 spiro atoms. The molecule has 0 aliphatic carbocycles. The molecule has 2 aromatic carbocycles. The van der Waals surface area contributed by atoms with Gasteiger partial charge in [-0.2, -0.15) is 0 Å². The first-order chi connectivity index (χ1) is 46.8. The maximum atomic E-state index is 14.8. The minimum absolute atomic E-state index is 0.0383. The number of hydrogen-bond acceptors (Lipinski definition) is 18. The quantitative estimate of drug-likeness (QED) is 0.0349. The molecule has 0 saturated carbocycles. The topological polar surface area (TPSA) is 516 Å². The summed E-state index contributed by atoms with van der Waals surface area (Å²) in [6.45, 7) is 12.2. The number of amides is 11. The molecule has 11 amide bonds. The summed E-state index contributed by atoms with van der Waals surface area (Å²) < 4.78 is 0. The summed E-state index contributed by atoms with van der Waals surface area (Å²) in [5.74, 6) is -9.51. The number of benzene rings is 2. The van der Waals surface area contributed by atoms with Gasteiger partial charge in [-0.3, -0.25) is 52.7 Å². The molecular weight excluding hydrogens is 1260 g/mol. The Morgan fingerprint density at radius 2 is 0.510 bits per heavy atom. The fourth-order valence-corrected chi connectivity index (χ4v) is 10.8. The van der Waals surface area contributed by atoms with E-state index in [2.05, 4.69) is 53.2 Å². The van der Waals surface area contributed by atoms with Crippen molar-refractivity contribution in [3.63, 3.8) is 0 Å². The van der Waals surface area contributed by atoms with Crippen LogP contribution in [0.5, 0.6) is 0 Å². The number of nitrogens with two attached hydrogens (primary N) is 8. The molecule has 29 heteroatoms. The van der Waals surface area contributed by atoms with E-state index in [0.717, 1.165) is 0 Å². The van der Waals surface area contributed by atoms with Crippen molar-refractivity contribution in [1.82, 2.24) is 53.2 Å². The van der Waals surface area contributed by atoms with Gasteiger partial charge in [-0.15, -0.1) is 0 Å². The molecule has 0 unspecified atom stereocenters. The fraction of sp³-hybridized carbons (Fsp3) is 0.667. The highest BCUT2D eigenvalue weighted by molar-refractivity contribution is 5.99. The molecule has 0 aliphatic rings. The van der Waals surface area contributed by atoms with Crippen LogP contribution in [-0.2, 0) is 65.6 Å². The number of nitrogens with one attached hydrogen (secondary N) is 10. The summed E-state index contributed by atoms with van der Waals surface area (Å²) in [4.78, 5) is 156. The second kappa shape index (κ2) is 48.9. The first kappa shape index (κ1) is 86.4. The molecule has 0 heterocycles. The van der Waals surface area contributed by atoms with Gasteiger partial charge in [0.15, 0.2) is 0 Å². The highest BCUT2D eigenvalue weighted by Crippen LogP contribution is 2.16. The van der Waals surface area contributed by atoms with E-state index >= 15 is 0 Å². The van der Waals surface area contributed by atoms with Crippen molar-refractivity contribution in [2.24, 2.45) is 63.6 Å². The van der Waals surface area contributed by atoms with Crippen molar-refractivity contribution in [1.29, 1.82) is 0 Å². The maximum absolute atomic E-state index is 14.8. The zero-order valence-electron chi connectivity index (χ0n) is 58.9. The zero-order valence-corrected chi connectivity index (χ0v) is 58.9. The predicted molar refractivity (Wildman–Crippen MR) is 379 cm³/mol. The lowest BCUT2D eigenvalue weighted by Gasteiger charge is -2.30. The van der Waals surface area contributed by atoms with Gasteiger partial charge in [0.2, 0.25) is 65.0 Å². The van der Waals surface area contributed by atoms with Crippen molar-refractivity contribution in [2.75, 3.05) is 39.3 Å². The van der Waals surface area contributed by atoms with Crippen LogP contribution in [0.15, 0.2) is 60.7 Å². The Morgan fingerprint density at radius 3 is 0.816 bits per heavy atom. The van der Waals surface area contributed by atoms with Gasteiger partial charge in [-0.1, -0.05) is 109 Å². The summed E-state index contributed by atoms with van der Waals surface area (Å²) in [6.07, 6.45) is 6.95. The van der Waals surface area contributed by atoms with Crippen molar-refractivity contribution < 1.29 is 52.7 Å². The number of hydrogen-bond donors (Lipinski definition) is 18. The highest BCUT2D eigenvalue weighted by atomic mass is 16.2. The van der Waals surface area contributed by atoms with Gasteiger partial charge < -0.3 is 99.0 Å². The van der Waals surface area contributed by atoms with Crippen molar-refractivity contribution >= 4 is 65.0 Å². The predicted octanol–water partition coefficient (Wildman–Crippen LogP) is -1.13. The van der Waals surface area contributed by atoms with Crippen molar-refractivity contribution in [3.05, 3.63) is 71.8 Å². The molecule has 0 bridgehead atoms. The first-order valence-corrected chi connectivity index (χ1v) is 35.1. The minimum atomic E-state index is -1.34. The van der Waals surface area contributed by atoms with E-state index in [4.69, 9.17) is 45.9 Å². The normalized spacial score (nSPS) is 14.7. The summed E-state index contributed by atoms with van der Waals surface area (Å²) in [7, 11) is 0. The number of carbonyl (C=O) groups is 11. The Bertz CT molecular complexity index is 2730. The Kier molecular flexibility index (Phi) is 43.2. The molecular formula is C69H120N18O11. The summed E-state index contributed by atoms with van der Waals surface area (Å²) >= 11 is 0. The highest BCUT2D eigenvalue weighted by Gasteiger charge is 2.38. The summed E-state index contributed by atoms with van der Waals surface area (Å²) in [5, 5.41) is 27.9. The van der Waals surface area contributed by atoms with Gasteiger partial charge in [0, 0.05) is 12.8 Å². The molecule has 2 aromatic rings. The van der Waals surface area contributed by atoms with E-state index in [-0.39, 0.29) is 58.0 Å². The maximum Gasteiger partial charge on any atom is 0.243 e. The number of unbranched alkanes of at least 4 members (excludes halogenated alkanes) is 6. The van der Waals surface area contributed by atoms with Crippen LogP contribution < -0.4 is 99.0 Å². The molecule has 2 rings (SSSR count). The molecule has 29 nitrogen and oxygen atoms in total. The molecule has 0 aromatic heterocycles. The molecule has 11 atom stereocenters. The second-order valence-electron chi connectivity index (χ2n) is 26.2. The smallest absolute Gasteiger partial charge is 0.243 e. The minimum Gasteiger partial charge on any atom is -0.368 e. The van der Waals surface area contributed by atoms with Crippen LogP contribution in [0.1, 0.15) is 168 Å². The third-order valence-electron chi connectivity index (χ3n) is 16.8. The molecule has 0 radical (unpaired) electrons.